The van der Waals surface area contributed by atoms with E-state index in [0.717, 1.165) is 42.9 Å². The third-order valence-corrected chi connectivity index (χ3v) is 8.81. The molecule has 0 aliphatic heterocycles. The minimum absolute atomic E-state index is 0. The molecule has 5 rings (SSSR count). The predicted octanol–water partition coefficient (Wildman–Crippen LogP) is 3.04. The van der Waals surface area contributed by atoms with Gasteiger partial charge in [0.15, 0.2) is 0 Å². The molecule has 0 spiro atoms. The van der Waals surface area contributed by atoms with Gasteiger partial charge in [-0.05, 0) is 61.1 Å². The highest BCUT2D eigenvalue weighted by molar-refractivity contribution is 5.91. The summed E-state index contributed by atoms with van der Waals surface area (Å²) < 4.78 is 4.78. The second-order valence-corrected chi connectivity index (χ2v) is 10.8. The molecule has 4 nitrogen and oxygen atoms in total. The van der Waals surface area contributed by atoms with Crippen LogP contribution in [0, 0.1) is 18.8 Å². The molecule has 2 aliphatic rings. The van der Waals surface area contributed by atoms with E-state index in [0.29, 0.717) is 6.04 Å². The number of rotatable bonds is 8. The first-order valence-electron chi connectivity index (χ1n) is 13.7. The minimum atomic E-state index is -0.822. The topological polar surface area (TPSA) is 51.9 Å². The molecule has 0 saturated heterocycles. The van der Waals surface area contributed by atoms with Gasteiger partial charge in [0.05, 0.1) is 0 Å². The first-order valence-corrected chi connectivity index (χ1v) is 13.7. The zero-order valence-corrected chi connectivity index (χ0v) is 23.5. The predicted molar refractivity (Wildman–Crippen MR) is 144 cm³/mol. The Labute approximate surface area is 232 Å². The van der Waals surface area contributed by atoms with Crippen molar-refractivity contribution >= 4 is 5.91 Å². The van der Waals surface area contributed by atoms with Crippen molar-refractivity contribution in [2.75, 3.05) is 0 Å². The van der Waals surface area contributed by atoms with Crippen LogP contribution in [-0.4, -0.2) is 10.5 Å². The van der Waals surface area contributed by atoms with Crippen LogP contribution in [0.5, 0.6) is 0 Å². The van der Waals surface area contributed by atoms with Crippen molar-refractivity contribution in [1.82, 2.24) is 4.57 Å². The Balaban J connectivity index is 0.00000320. The van der Waals surface area contributed by atoms with Gasteiger partial charge in [-0.25, -0.2) is 9.13 Å². The average molecular weight is 563 g/mol. The van der Waals surface area contributed by atoms with E-state index in [2.05, 4.69) is 64.9 Å². The fourth-order valence-electron chi connectivity index (χ4n) is 6.92. The molecule has 37 heavy (non-hydrogen) atoms. The molecule has 2 saturated carbocycles. The molecule has 2 aromatic carbocycles. The molecule has 0 bridgehead atoms. The smallest absolute Gasteiger partial charge is 0.253 e. The Kier molecular flexibility index (Phi) is 9.07. The molecule has 1 aromatic heterocycles. The molecule has 3 aromatic rings. The van der Waals surface area contributed by atoms with Crippen LogP contribution in [0.25, 0.3) is 0 Å². The Morgan fingerprint density at radius 1 is 0.973 bits per heavy atom. The summed E-state index contributed by atoms with van der Waals surface area (Å²) in [4.78, 5) is 13.4. The van der Waals surface area contributed by atoms with Gasteiger partial charge in [-0.3, -0.25) is 4.79 Å². The number of allylic oxidation sites excluding steroid dienone is 2. The molecule has 1 heterocycles. The summed E-state index contributed by atoms with van der Waals surface area (Å²) in [6, 6.07) is 20.7. The first kappa shape index (κ1) is 27.4. The lowest BCUT2D eigenvalue weighted by molar-refractivity contribution is -0.692. The lowest BCUT2D eigenvalue weighted by Gasteiger charge is -2.37. The van der Waals surface area contributed by atoms with Gasteiger partial charge >= 0.3 is 0 Å². The maximum Gasteiger partial charge on any atom is 0.253 e. The molecular formula is C32H40BrN3O. The van der Waals surface area contributed by atoms with E-state index in [1.54, 1.807) is 0 Å². The number of primary amides is 1. The van der Waals surface area contributed by atoms with Crippen LogP contribution in [0.15, 0.2) is 85.2 Å². The van der Waals surface area contributed by atoms with Crippen LogP contribution in [0.1, 0.15) is 74.4 Å². The van der Waals surface area contributed by atoms with E-state index in [9.17, 15) is 4.79 Å². The molecule has 2 N–H and O–H groups in total. The van der Waals surface area contributed by atoms with Crippen molar-refractivity contribution in [2.45, 2.75) is 76.3 Å². The SMILES string of the molecule is Cc1n([C@H]2CC[C@@H](C(C(N)=O)(c3ccccc3)c3ccccc3)C2)cc[n+]1CC=CC1CCCCC1.[Br-]. The van der Waals surface area contributed by atoms with Crippen molar-refractivity contribution in [3.63, 3.8) is 0 Å². The van der Waals surface area contributed by atoms with E-state index < -0.39 is 5.41 Å². The summed E-state index contributed by atoms with van der Waals surface area (Å²) >= 11 is 0. The van der Waals surface area contributed by atoms with Crippen LogP contribution in [0.3, 0.4) is 0 Å². The second kappa shape index (κ2) is 12.3. The van der Waals surface area contributed by atoms with E-state index in [4.69, 9.17) is 5.73 Å². The first-order chi connectivity index (χ1) is 17.6. The fourth-order valence-corrected chi connectivity index (χ4v) is 6.92. The summed E-state index contributed by atoms with van der Waals surface area (Å²) in [6.07, 6.45) is 19.0. The number of amides is 1. The van der Waals surface area contributed by atoms with Gasteiger partial charge in [0.2, 0.25) is 5.91 Å². The second-order valence-electron chi connectivity index (χ2n) is 10.8. The molecule has 2 atom stereocenters. The quantitative estimate of drug-likeness (QED) is 0.333. The van der Waals surface area contributed by atoms with Crippen LogP contribution in [0.4, 0.5) is 0 Å². The number of imidazole rings is 1. The Morgan fingerprint density at radius 2 is 1.59 bits per heavy atom. The van der Waals surface area contributed by atoms with Crippen molar-refractivity contribution in [3.05, 3.63) is 102 Å². The number of nitrogens with two attached hydrogens (primary N) is 1. The third kappa shape index (κ3) is 5.47. The highest BCUT2D eigenvalue weighted by Gasteiger charge is 2.51. The summed E-state index contributed by atoms with van der Waals surface area (Å²) in [5.74, 6) is 1.93. The lowest BCUT2D eigenvalue weighted by Crippen LogP contribution is -3.00. The summed E-state index contributed by atoms with van der Waals surface area (Å²) in [5, 5.41) is 0. The van der Waals surface area contributed by atoms with E-state index in [-0.39, 0.29) is 28.8 Å². The monoisotopic (exact) mass is 561 g/mol. The maximum absolute atomic E-state index is 13.4. The summed E-state index contributed by atoms with van der Waals surface area (Å²) in [5.41, 5.74) is 7.47. The third-order valence-electron chi connectivity index (χ3n) is 8.81. The number of nitrogens with zero attached hydrogens (tertiary/aromatic N) is 2. The number of halogens is 1. The molecule has 196 valence electrons. The molecule has 2 aliphatic carbocycles. The van der Waals surface area contributed by atoms with Gasteiger partial charge in [0.25, 0.3) is 5.82 Å². The summed E-state index contributed by atoms with van der Waals surface area (Å²) in [7, 11) is 0. The van der Waals surface area contributed by atoms with Crippen LogP contribution < -0.4 is 27.3 Å². The number of hydrogen-bond donors (Lipinski definition) is 1. The van der Waals surface area contributed by atoms with Crippen LogP contribution >= 0.6 is 0 Å². The standard InChI is InChI=1S/C32H39N3O.BrH/c1-25-34(21-11-14-26-12-5-2-6-13-26)22-23-35(25)30-20-19-29(24-30)32(31(33)36,27-15-7-3-8-16-27)28-17-9-4-10-18-28;/h3-4,7-11,14-18,22-23,26,29-30H,2,5-6,12-13,19-21,24H2,1H3,(H-,33,36);1H/t29-,30+;/m1./s1. The van der Waals surface area contributed by atoms with E-state index in [1.165, 1.54) is 37.9 Å². The molecular weight excluding hydrogens is 522 g/mol. The van der Waals surface area contributed by atoms with Crippen molar-refractivity contribution in [3.8, 4) is 0 Å². The van der Waals surface area contributed by atoms with E-state index >= 15 is 0 Å². The van der Waals surface area contributed by atoms with Gasteiger partial charge in [0.1, 0.15) is 30.4 Å². The van der Waals surface area contributed by atoms with Gasteiger partial charge in [-0.2, -0.15) is 0 Å². The number of hydrogen-bond acceptors (Lipinski definition) is 1. The van der Waals surface area contributed by atoms with Crippen LogP contribution in [-0.2, 0) is 16.8 Å². The zero-order valence-electron chi connectivity index (χ0n) is 21.9. The normalized spacial score (nSPS) is 20.7. The minimum Gasteiger partial charge on any atom is -1.00 e. The Bertz CT molecular complexity index is 1140. The molecule has 5 heteroatoms. The van der Waals surface area contributed by atoms with Gasteiger partial charge < -0.3 is 22.7 Å². The van der Waals surface area contributed by atoms with Crippen molar-refractivity contribution in [2.24, 2.45) is 17.6 Å². The maximum atomic E-state index is 13.4. The van der Waals surface area contributed by atoms with Crippen molar-refractivity contribution in [1.29, 1.82) is 0 Å². The highest BCUT2D eigenvalue weighted by atomic mass is 79.9. The van der Waals surface area contributed by atoms with Crippen molar-refractivity contribution < 1.29 is 26.3 Å². The number of carbonyl (C=O) groups excluding carboxylic acids is 1. The largest absolute Gasteiger partial charge is 1.00 e. The van der Waals surface area contributed by atoms with Crippen LogP contribution in [0.2, 0.25) is 0 Å². The van der Waals surface area contributed by atoms with Gasteiger partial charge in [-0.1, -0.05) is 86.0 Å². The average Bonchev–Trinajstić information content (AvgIpc) is 3.53. The van der Waals surface area contributed by atoms with E-state index in [1.807, 2.05) is 36.4 Å². The Hall–Kier alpha value is -2.66. The number of carbonyl (C=O) groups is 1. The zero-order chi connectivity index (χ0) is 25.0. The van der Waals surface area contributed by atoms with Gasteiger partial charge in [0, 0.05) is 6.92 Å². The highest BCUT2D eigenvalue weighted by Crippen LogP contribution is 2.49. The lowest BCUT2D eigenvalue weighted by atomic mass is 9.64. The molecule has 2 fully saturated rings. The summed E-state index contributed by atoms with van der Waals surface area (Å²) in [6.45, 7) is 3.14. The molecule has 1 amide bonds. The molecule has 0 radical (unpaired) electrons. The molecule has 0 unspecified atom stereocenters. The number of benzene rings is 2. The van der Waals surface area contributed by atoms with Gasteiger partial charge in [-0.15, -0.1) is 0 Å². The number of aromatic nitrogens is 2. The fraction of sp³-hybridized carbons (Fsp3) is 0.438. The Morgan fingerprint density at radius 3 is 2.19 bits per heavy atom.